The number of benzene rings is 4. The third kappa shape index (κ3) is 3.05. The van der Waals surface area contributed by atoms with E-state index in [0.29, 0.717) is 0 Å². The summed E-state index contributed by atoms with van der Waals surface area (Å²) in [5.74, 6) is 0. The fraction of sp³-hybridized carbons (Fsp3) is 0.143. The molecule has 0 saturated heterocycles. The van der Waals surface area contributed by atoms with Gasteiger partial charge in [0.05, 0.1) is 11.4 Å². The van der Waals surface area contributed by atoms with E-state index < -0.39 is 0 Å². The molecule has 0 saturated carbocycles. The minimum absolute atomic E-state index is 0.275. The summed E-state index contributed by atoms with van der Waals surface area (Å²) in [7, 11) is 2.18. The van der Waals surface area contributed by atoms with Gasteiger partial charge in [-0.3, -0.25) is 0 Å². The number of hydrogen-bond donors (Lipinski definition) is 0. The van der Waals surface area contributed by atoms with Crippen LogP contribution < -0.4 is 9.80 Å². The highest BCUT2D eigenvalue weighted by Gasteiger charge is 2.32. The highest BCUT2D eigenvalue weighted by atomic mass is 15.4. The summed E-state index contributed by atoms with van der Waals surface area (Å²) in [6, 6.07) is 34.9. The van der Waals surface area contributed by atoms with Gasteiger partial charge in [0.1, 0.15) is 6.17 Å². The first-order valence-electron chi connectivity index (χ1n) is 10.5. The number of rotatable bonds is 3. The quantitative estimate of drug-likeness (QED) is 0.363. The molecule has 1 atom stereocenters. The van der Waals surface area contributed by atoms with E-state index in [2.05, 4.69) is 128 Å². The Kier molecular flexibility index (Phi) is 4.55. The third-order valence-corrected chi connectivity index (χ3v) is 6.25. The maximum Gasteiger partial charge on any atom is 0.103 e. The molecule has 0 N–H and O–H groups in total. The average molecular weight is 391 g/mol. The normalized spacial score (nSPS) is 15.4. The smallest absolute Gasteiger partial charge is 0.103 e. The van der Waals surface area contributed by atoms with Crippen LogP contribution in [0.5, 0.6) is 0 Å². The second-order valence-electron chi connectivity index (χ2n) is 8.05. The van der Waals surface area contributed by atoms with E-state index in [1.165, 1.54) is 44.9 Å². The van der Waals surface area contributed by atoms with Crippen LogP contribution in [-0.2, 0) is 0 Å². The number of anilines is 3. The summed E-state index contributed by atoms with van der Waals surface area (Å²) in [5.41, 5.74) is 10.1. The molecule has 1 unspecified atom stereocenters. The van der Waals surface area contributed by atoms with E-state index in [0.717, 1.165) is 0 Å². The van der Waals surface area contributed by atoms with Crippen molar-refractivity contribution in [2.75, 3.05) is 16.8 Å². The number of hydrogen-bond acceptors (Lipinski definition) is 2. The van der Waals surface area contributed by atoms with Gasteiger partial charge in [-0.25, -0.2) is 0 Å². The van der Waals surface area contributed by atoms with Crippen molar-refractivity contribution in [3.63, 3.8) is 0 Å². The fourth-order valence-electron chi connectivity index (χ4n) is 4.42. The molecular formula is C28H26N2. The van der Waals surface area contributed by atoms with Gasteiger partial charge in [0, 0.05) is 12.7 Å². The van der Waals surface area contributed by atoms with Crippen molar-refractivity contribution < 1.29 is 0 Å². The molecule has 0 radical (unpaired) electrons. The molecule has 0 aromatic heterocycles. The number of aryl methyl sites for hydroxylation is 1. The molecule has 148 valence electrons. The number of fused-ring (bicyclic) bond motifs is 1. The molecule has 0 fully saturated rings. The Morgan fingerprint density at radius 1 is 0.567 bits per heavy atom. The van der Waals surface area contributed by atoms with E-state index in [-0.39, 0.29) is 6.17 Å². The van der Waals surface area contributed by atoms with Gasteiger partial charge in [-0.2, -0.15) is 0 Å². The van der Waals surface area contributed by atoms with Crippen molar-refractivity contribution in [1.29, 1.82) is 0 Å². The molecule has 0 amide bonds. The minimum atomic E-state index is 0.275. The molecule has 1 aliphatic rings. The Hall–Kier alpha value is -3.52. The van der Waals surface area contributed by atoms with Crippen LogP contribution in [0.15, 0.2) is 97.1 Å². The van der Waals surface area contributed by atoms with Gasteiger partial charge >= 0.3 is 0 Å². The third-order valence-electron chi connectivity index (χ3n) is 6.25. The van der Waals surface area contributed by atoms with Crippen molar-refractivity contribution in [3.8, 4) is 22.3 Å². The molecule has 0 spiro atoms. The first-order valence-corrected chi connectivity index (χ1v) is 10.5. The van der Waals surface area contributed by atoms with Crippen LogP contribution in [0, 0.1) is 6.92 Å². The fourth-order valence-corrected chi connectivity index (χ4v) is 4.42. The average Bonchev–Trinajstić information content (AvgIpc) is 3.04. The zero-order valence-corrected chi connectivity index (χ0v) is 17.7. The number of nitrogens with zero attached hydrogens (tertiary/aromatic N) is 2. The van der Waals surface area contributed by atoms with Gasteiger partial charge in [-0.05, 0) is 59.9 Å². The second-order valence-corrected chi connectivity index (χ2v) is 8.05. The van der Waals surface area contributed by atoms with Gasteiger partial charge in [0.15, 0.2) is 0 Å². The zero-order valence-electron chi connectivity index (χ0n) is 17.7. The standard InChI is InChI=1S/C28H26N2/c1-20-9-7-8-12-26(20)30-21(2)29(3)27-18-17-25(19-28(27)30)24-15-13-23(14-16-24)22-10-5-4-6-11-22/h4-19,21H,1-3H3. The van der Waals surface area contributed by atoms with Gasteiger partial charge in [-0.1, -0.05) is 78.9 Å². The summed E-state index contributed by atoms with van der Waals surface area (Å²) < 4.78 is 0. The van der Waals surface area contributed by atoms with Crippen LogP contribution in [-0.4, -0.2) is 13.2 Å². The van der Waals surface area contributed by atoms with Crippen LogP contribution in [0.1, 0.15) is 12.5 Å². The van der Waals surface area contributed by atoms with Crippen molar-refractivity contribution >= 4 is 17.1 Å². The lowest BCUT2D eigenvalue weighted by molar-refractivity contribution is 0.732. The maximum atomic E-state index is 2.45. The molecule has 0 aliphatic carbocycles. The van der Waals surface area contributed by atoms with Crippen molar-refractivity contribution in [3.05, 3.63) is 103 Å². The first kappa shape index (κ1) is 18.5. The predicted molar refractivity (Wildman–Crippen MR) is 128 cm³/mol. The molecule has 2 nitrogen and oxygen atoms in total. The summed E-state index contributed by atoms with van der Waals surface area (Å²) in [4.78, 5) is 4.80. The Morgan fingerprint density at radius 2 is 1.13 bits per heavy atom. The van der Waals surface area contributed by atoms with Gasteiger partial charge in [-0.15, -0.1) is 0 Å². The lowest BCUT2D eigenvalue weighted by Crippen LogP contribution is -2.35. The zero-order chi connectivity index (χ0) is 20.7. The van der Waals surface area contributed by atoms with Gasteiger partial charge in [0.25, 0.3) is 0 Å². The second kappa shape index (κ2) is 7.38. The van der Waals surface area contributed by atoms with E-state index >= 15 is 0 Å². The van der Waals surface area contributed by atoms with E-state index in [1.807, 2.05) is 0 Å². The van der Waals surface area contributed by atoms with Crippen molar-refractivity contribution in [1.82, 2.24) is 0 Å². The van der Waals surface area contributed by atoms with Crippen LogP contribution in [0.4, 0.5) is 17.1 Å². The molecule has 0 bridgehead atoms. The summed E-state index contributed by atoms with van der Waals surface area (Å²) in [6.07, 6.45) is 0.275. The molecule has 1 aliphatic heterocycles. The molecule has 4 aromatic carbocycles. The molecule has 30 heavy (non-hydrogen) atoms. The maximum absolute atomic E-state index is 2.45. The van der Waals surface area contributed by atoms with Crippen molar-refractivity contribution in [2.45, 2.75) is 20.0 Å². The van der Waals surface area contributed by atoms with E-state index in [9.17, 15) is 0 Å². The SMILES string of the molecule is Cc1ccccc1N1c2cc(-c3ccc(-c4ccccc4)cc3)ccc2N(C)C1C. The van der Waals surface area contributed by atoms with Gasteiger partial charge in [0.2, 0.25) is 0 Å². The molecule has 2 heteroatoms. The molecular weight excluding hydrogens is 364 g/mol. The van der Waals surface area contributed by atoms with Crippen LogP contribution in [0.25, 0.3) is 22.3 Å². The Morgan fingerprint density at radius 3 is 1.83 bits per heavy atom. The molecule has 4 aromatic rings. The van der Waals surface area contributed by atoms with E-state index in [1.54, 1.807) is 0 Å². The molecule has 1 heterocycles. The largest absolute Gasteiger partial charge is 0.353 e. The Bertz CT molecular complexity index is 1180. The lowest BCUT2D eigenvalue weighted by atomic mass is 9.99. The monoisotopic (exact) mass is 390 g/mol. The topological polar surface area (TPSA) is 6.48 Å². The highest BCUT2D eigenvalue weighted by molar-refractivity contribution is 5.88. The lowest BCUT2D eigenvalue weighted by Gasteiger charge is -2.29. The van der Waals surface area contributed by atoms with Gasteiger partial charge < -0.3 is 9.80 Å². The van der Waals surface area contributed by atoms with E-state index in [4.69, 9.17) is 0 Å². The predicted octanol–water partition coefficient (Wildman–Crippen LogP) is 7.26. The number of para-hydroxylation sites is 1. The first-order chi connectivity index (χ1) is 14.6. The van der Waals surface area contributed by atoms with Crippen LogP contribution >= 0.6 is 0 Å². The Balaban J connectivity index is 1.55. The van der Waals surface area contributed by atoms with Crippen molar-refractivity contribution in [2.24, 2.45) is 0 Å². The highest BCUT2D eigenvalue weighted by Crippen LogP contribution is 2.45. The minimum Gasteiger partial charge on any atom is -0.353 e. The summed E-state index contributed by atoms with van der Waals surface area (Å²) in [5, 5.41) is 0. The summed E-state index contributed by atoms with van der Waals surface area (Å²) >= 11 is 0. The Labute approximate surface area is 179 Å². The summed E-state index contributed by atoms with van der Waals surface area (Å²) in [6.45, 7) is 4.45. The van der Waals surface area contributed by atoms with Crippen LogP contribution in [0.3, 0.4) is 0 Å². The molecule has 5 rings (SSSR count). The van der Waals surface area contributed by atoms with Crippen LogP contribution in [0.2, 0.25) is 0 Å².